The summed E-state index contributed by atoms with van der Waals surface area (Å²) >= 11 is 3.56. The van der Waals surface area contributed by atoms with Gasteiger partial charge < -0.3 is 10.1 Å². The maximum atomic E-state index is 5.29. The van der Waals surface area contributed by atoms with E-state index in [9.17, 15) is 0 Å². The lowest BCUT2D eigenvalue weighted by atomic mass is 10.1. The molecule has 5 heteroatoms. The third-order valence-electron chi connectivity index (χ3n) is 3.27. The van der Waals surface area contributed by atoms with Gasteiger partial charge in [-0.2, -0.15) is 0 Å². The number of methoxy groups -OCH3 is 1. The third-order valence-corrected chi connectivity index (χ3v) is 5.39. The second-order valence-electron chi connectivity index (χ2n) is 4.85. The van der Waals surface area contributed by atoms with Gasteiger partial charge in [-0.3, -0.25) is 0 Å². The Kier molecular flexibility index (Phi) is 5.57. The van der Waals surface area contributed by atoms with Gasteiger partial charge in [0.25, 0.3) is 0 Å². The molecule has 1 atom stereocenters. The highest BCUT2D eigenvalue weighted by molar-refractivity contribution is 7.11. The molecule has 2 aromatic heterocycles. The van der Waals surface area contributed by atoms with E-state index in [4.69, 9.17) is 4.74 Å². The van der Waals surface area contributed by atoms with Crippen molar-refractivity contribution in [3.05, 3.63) is 31.9 Å². The first-order valence-corrected chi connectivity index (χ1v) is 8.62. The summed E-state index contributed by atoms with van der Waals surface area (Å²) in [5.41, 5.74) is 1.16. The molecule has 0 bridgehead atoms. The molecule has 1 unspecified atom stereocenters. The van der Waals surface area contributed by atoms with Gasteiger partial charge >= 0.3 is 0 Å². The van der Waals surface area contributed by atoms with Gasteiger partial charge in [0.2, 0.25) is 0 Å². The van der Waals surface area contributed by atoms with Gasteiger partial charge in [-0.15, -0.1) is 22.7 Å². The summed E-state index contributed by atoms with van der Waals surface area (Å²) < 4.78 is 5.29. The van der Waals surface area contributed by atoms with Gasteiger partial charge in [0, 0.05) is 27.6 Å². The van der Waals surface area contributed by atoms with E-state index in [-0.39, 0.29) is 0 Å². The fourth-order valence-corrected chi connectivity index (χ4v) is 3.93. The highest BCUT2D eigenvalue weighted by Gasteiger charge is 2.17. The summed E-state index contributed by atoms with van der Waals surface area (Å²) in [6, 6.07) is 2.46. The third kappa shape index (κ3) is 3.81. The molecule has 0 aliphatic carbocycles. The highest BCUT2D eigenvalue weighted by Crippen LogP contribution is 2.30. The molecule has 110 valence electrons. The number of nitrogens with zero attached hydrogens (tertiary/aromatic N) is 1. The standard InChI is InChI=1S/C15H22N2OS2/c1-5-6-16-13(14-7-12(18-4)9-19-14)8-15-17-10(2)11(3)20-15/h7,9,13,16H,5-6,8H2,1-4H3. The quantitative estimate of drug-likeness (QED) is 0.835. The Morgan fingerprint density at radius 2 is 2.20 bits per heavy atom. The predicted octanol–water partition coefficient (Wildman–Crippen LogP) is 4.11. The van der Waals surface area contributed by atoms with Crippen LogP contribution in [0.3, 0.4) is 0 Å². The van der Waals surface area contributed by atoms with Gasteiger partial charge in [0.05, 0.1) is 17.8 Å². The lowest BCUT2D eigenvalue weighted by Gasteiger charge is -2.15. The number of aryl methyl sites for hydroxylation is 2. The van der Waals surface area contributed by atoms with Crippen molar-refractivity contribution in [1.29, 1.82) is 0 Å². The SMILES string of the molecule is CCCNC(Cc1nc(C)c(C)s1)c1cc(OC)cs1. The maximum absolute atomic E-state index is 5.29. The van der Waals surface area contributed by atoms with Crippen molar-refractivity contribution in [1.82, 2.24) is 10.3 Å². The maximum Gasteiger partial charge on any atom is 0.129 e. The van der Waals surface area contributed by atoms with Crippen molar-refractivity contribution < 1.29 is 4.74 Å². The van der Waals surface area contributed by atoms with Crippen LogP contribution in [0.1, 0.15) is 39.8 Å². The first-order valence-electron chi connectivity index (χ1n) is 6.92. The minimum absolute atomic E-state index is 0.328. The number of ether oxygens (including phenoxy) is 1. The highest BCUT2D eigenvalue weighted by atomic mass is 32.1. The number of thiazole rings is 1. The van der Waals surface area contributed by atoms with Crippen molar-refractivity contribution in [2.45, 2.75) is 39.7 Å². The predicted molar refractivity (Wildman–Crippen MR) is 87.2 cm³/mol. The zero-order valence-electron chi connectivity index (χ0n) is 12.5. The topological polar surface area (TPSA) is 34.2 Å². The zero-order chi connectivity index (χ0) is 14.5. The van der Waals surface area contributed by atoms with Crippen LogP contribution in [0.25, 0.3) is 0 Å². The van der Waals surface area contributed by atoms with E-state index in [0.717, 1.165) is 30.8 Å². The summed E-state index contributed by atoms with van der Waals surface area (Å²) in [6.07, 6.45) is 2.08. The van der Waals surface area contributed by atoms with Crippen LogP contribution in [0.2, 0.25) is 0 Å². The average molecular weight is 310 g/mol. The molecule has 0 spiro atoms. The zero-order valence-corrected chi connectivity index (χ0v) is 14.2. The molecule has 2 aromatic rings. The Bertz CT molecular complexity index is 528. The Balaban J connectivity index is 2.14. The lowest BCUT2D eigenvalue weighted by molar-refractivity contribution is 0.415. The molecule has 2 rings (SSSR count). The van der Waals surface area contributed by atoms with Crippen LogP contribution >= 0.6 is 22.7 Å². The summed E-state index contributed by atoms with van der Waals surface area (Å²) in [5.74, 6) is 0.944. The fourth-order valence-electron chi connectivity index (χ4n) is 2.02. The number of rotatable bonds is 7. The first-order chi connectivity index (χ1) is 9.63. The van der Waals surface area contributed by atoms with Crippen LogP contribution in [0, 0.1) is 13.8 Å². The van der Waals surface area contributed by atoms with Gasteiger partial charge in [0.15, 0.2) is 0 Å². The molecule has 0 saturated carbocycles. The van der Waals surface area contributed by atoms with E-state index in [0.29, 0.717) is 6.04 Å². The molecule has 0 saturated heterocycles. The molecular formula is C15H22N2OS2. The molecule has 0 aromatic carbocycles. The van der Waals surface area contributed by atoms with Crippen molar-refractivity contribution >= 4 is 22.7 Å². The van der Waals surface area contributed by atoms with E-state index in [1.165, 1.54) is 14.8 Å². The number of thiophene rings is 1. The number of aromatic nitrogens is 1. The van der Waals surface area contributed by atoms with Crippen LogP contribution in [-0.4, -0.2) is 18.6 Å². The van der Waals surface area contributed by atoms with Crippen molar-refractivity contribution in [3.8, 4) is 5.75 Å². The Morgan fingerprint density at radius 1 is 1.40 bits per heavy atom. The molecule has 3 nitrogen and oxygen atoms in total. The van der Waals surface area contributed by atoms with Crippen LogP contribution in [0.5, 0.6) is 5.75 Å². The normalized spacial score (nSPS) is 12.6. The van der Waals surface area contributed by atoms with E-state index in [2.05, 4.69) is 42.5 Å². The summed E-state index contributed by atoms with van der Waals surface area (Å²) in [5, 5.41) is 6.89. The van der Waals surface area contributed by atoms with Crippen molar-refractivity contribution in [2.24, 2.45) is 0 Å². The van der Waals surface area contributed by atoms with Gasteiger partial charge in [0.1, 0.15) is 5.75 Å². The number of hydrogen-bond donors (Lipinski definition) is 1. The molecule has 0 radical (unpaired) electrons. The van der Waals surface area contributed by atoms with E-state index >= 15 is 0 Å². The minimum atomic E-state index is 0.328. The molecule has 0 amide bonds. The summed E-state index contributed by atoms with van der Waals surface area (Å²) in [6.45, 7) is 7.43. The summed E-state index contributed by atoms with van der Waals surface area (Å²) in [4.78, 5) is 7.30. The molecule has 0 fully saturated rings. The van der Waals surface area contributed by atoms with Crippen LogP contribution in [-0.2, 0) is 6.42 Å². The number of nitrogens with one attached hydrogen (secondary N) is 1. The Labute approximate surface area is 129 Å². The monoisotopic (exact) mass is 310 g/mol. The minimum Gasteiger partial charge on any atom is -0.496 e. The van der Waals surface area contributed by atoms with Gasteiger partial charge in [-0.05, 0) is 32.9 Å². The first kappa shape index (κ1) is 15.5. The molecule has 0 aliphatic rings. The fraction of sp³-hybridized carbons (Fsp3) is 0.533. The second kappa shape index (κ2) is 7.20. The number of hydrogen-bond acceptors (Lipinski definition) is 5. The van der Waals surface area contributed by atoms with E-state index in [1.807, 2.05) is 0 Å². The molecule has 20 heavy (non-hydrogen) atoms. The Morgan fingerprint density at radius 3 is 2.75 bits per heavy atom. The largest absolute Gasteiger partial charge is 0.496 e. The smallest absolute Gasteiger partial charge is 0.129 e. The van der Waals surface area contributed by atoms with Crippen LogP contribution < -0.4 is 10.1 Å². The lowest BCUT2D eigenvalue weighted by Crippen LogP contribution is -2.23. The Hall–Kier alpha value is -0.910. The molecule has 2 heterocycles. The van der Waals surface area contributed by atoms with Crippen molar-refractivity contribution in [2.75, 3.05) is 13.7 Å². The van der Waals surface area contributed by atoms with Crippen LogP contribution in [0.4, 0.5) is 0 Å². The average Bonchev–Trinajstić information content (AvgIpc) is 3.02. The molecule has 1 N–H and O–H groups in total. The van der Waals surface area contributed by atoms with Crippen LogP contribution in [0.15, 0.2) is 11.4 Å². The van der Waals surface area contributed by atoms with E-state index in [1.54, 1.807) is 29.8 Å². The summed E-state index contributed by atoms with van der Waals surface area (Å²) in [7, 11) is 1.72. The van der Waals surface area contributed by atoms with Gasteiger partial charge in [-0.1, -0.05) is 6.92 Å². The second-order valence-corrected chi connectivity index (χ2v) is 7.08. The molecule has 0 aliphatic heterocycles. The van der Waals surface area contributed by atoms with E-state index < -0.39 is 0 Å². The van der Waals surface area contributed by atoms with Gasteiger partial charge in [-0.25, -0.2) is 4.98 Å². The van der Waals surface area contributed by atoms with Crippen molar-refractivity contribution in [3.63, 3.8) is 0 Å². The molecular weight excluding hydrogens is 288 g/mol.